The molecule has 4 rings (SSSR count). The van der Waals surface area contributed by atoms with Crippen LogP contribution < -0.4 is 10.9 Å². The summed E-state index contributed by atoms with van der Waals surface area (Å²) in [4.78, 5) is 32.5. The van der Waals surface area contributed by atoms with Crippen molar-refractivity contribution in [2.45, 2.75) is 75.5 Å². The maximum absolute atomic E-state index is 13.2. The Labute approximate surface area is 179 Å². The van der Waals surface area contributed by atoms with E-state index in [1.807, 2.05) is 0 Å². The molecule has 6 nitrogen and oxygen atoms in total. The van der Waals surface area contributed by atoms with Crippen molar-refractivity contribution in [1.29, 1.82) is 0 Å². The third-order valence-corrected chi connectivity index (χ3v) is 8.00. The maximum Gasteiger partial charge on any atom is 0.263 e. The Hall–Kier alpha value is -1.38. The highest BCUT2D eigenvalue weighted by Crippen LogP contribution is 2.35. The van der Waals surface area contributed by atoms with Gasteiger partial charge in [0, 0.05) is 30.2 Å². The van der Waals surface area contributed by atoms with E-state index in [1.54, 1.807) is 23.0 Å². The largest absolute Gasteiger partial charge is 0.383 e. The number of nitrogens with zero attached hydrogens (tertiary/aromatic N) is 2. The summed E-state index contributed by atoms with van der Waals surface area (Å²) in [6.45, 7) is 0.953. The smallest absolute Gasteiger partial charge is 0.263 e. The van der Waals surface area contributed by atoms with Gasteiger partial charge in [0.2, 0.25) is 5.91 Å². The molecule has 2 heterocycles. The molecule has 1 amide bonds. The first-order valence-electron chi connectivity index (χ1n) is 10.6. The minimum absolute atomic E-state index is 0.0422. The lowest BCUT2D eigenvalue weighted by Gasteiger charge is -2.22. The zero-order valence-electron chi connectivity index (χ0n) is 17.0. The second kappa shape index (κ2) is 9.62. The predicted molar refractivity (Wildman–Crippen MR) is 118 cm³/mol. The number of hydrogen-bond donors (Lipinski definition) is 1. The number of amides is 1. The lowest BCUT2D eigenvalue weighted by molar-refractivity contribution is -0.121. The van der Waals surface area contributed by atoms with Gasteiger partial charge in [0.1, 0.15) is 4.83 Å². The fraction of sp³-hybridized carbons (Fsp3) is 0.667. The van der Waals surface area contributed by atoms with Crippen LogP contribution in [-0.2, 0) is 28.9 Å². The molecule has 0 saturated heterocycles. The first-order valence-corrected chi connectivity index (χ1v) is 12.4. The molecule has 0 radical (unpaired) electrons. The Morgan fingerprint density at radius 3 is 2.90 bits per heavy atom. The molecular formula is C21H29N3O3S2. The Kier molecular flexibility index (Phi) is 6.92. The van der Waals surface area contributed by atoms with E-state index in [-0.39, 0.29) is 11.5 Å². The van der Waals surface area contributed by atoms with E-state index in [4.69, 9.17) is 9.72 Å². The summed E-state index contributed by atoms with van der Waals surface area (Å²) in [5.41, 5.74) is 1.25. The van der Waals surface area contributed by atoms with E-state index in [0.29, 0.717) is 36.5 Å². The number of rotatable bonds is 8. The monoisotopic (exact) mass is 435 g/mol. The molecule has 0 spiro atoms. The molecule has 0 atom stereocenters. The van der Waals surface area contributed by atoms with Gasteiger partial charge in [-0.25, -0.2) is 4.98 Å². The van der Waals surface area contributed by atoms with Crippen LogP contribution in [0.25, 0.3) is 10.2 Å². The fourth-order valence-electron chi connectivity index (χ4n) is 4.33. The first kappa shape index (κ1) is 20.9. The third kappa shape index (κ3) is 4.70. The molecule has 29 heavy (non-hydrogen) atoms. The standard InChI is InChI=1S/C21H29N3O3S2/c1-27-12-11-24-20(26)18-15-8-5-9-16(15)29-19(18)23-21(24)28-13-10-17(25)22-14-6-3-2-4-7-14/h14H,2-13H2,1H3,(H,22,25). The highest BCUT2D eigenvalue weighted by molar-refractivity contribution is 7.99. The van der Waals surface area contributed by atoms with Gasteiger partial charge in [-0.05, 0) is 37.7 Å². The second-order valence-corrected chi connectivity index (χ2v) is 10.0. The summed E-state index contributed by atoms with van der Waals surface area (Å²) in [7, 11) is 1.64. The quantitative estimate of drug-likeness (QED) is 0.507. The summed E-state index contributed by atoms with van der Waals surface area (Å²) >= 11 is 3.16. The van der Waals surface area contributed by atoms with Crippen molar-refractivity contribution in [3.63, 3.8) is 0 Å². The molecule has 158 valence electrons. The van der Waals surface area contributed by atoms with Crippen LogP contribution in [0.3, 0.4) is 0 Å². The number of hydrogen-bond acceptors (Lipinski definition) is 6. The topological polar surface area (TPSA) is 73.2 Å². The van der Waals surface area contributed by atoms with Gasteiger partial charge in [0.05, 0.1) is 18.5 Å². The normalized spacial score (nSPS) is 17.0. The number of aryl methyl sites for hydroxylation is 2. The van der Waals surface area contributed by atoms with Gasteiger partial charge in [-0.15, -0.1) is 11.3 Å². The maximum atomic E-state index is 13.2. The van der Waals surface area contributed by atoms with Gasteiger partial charge < -0.3 is 10.1 Å². The van der Waals surface area contributed by atoms with Crippen LogP contribution in [0, 0.1) is 0 Å². The van der Waals surface area contributed by atoms with Crippen LogP contribution in [0.4, 0.5) is 0 Å². The van der Waals surface area contributed by atoms with Crippen LogP contribution in [0.2, 0.25) is 0 Å². The highest BCUT2D eigenvalue weighted by atomic mass is 32.2. The molecule has 1 N–H and O–H groups in total. The fourth-order valence-corrected chi connectivity index (χ4v) is 6.60. The van der Waals surface area contributed by atoms with E-state index in [0.717, 1.165) is 42.3 Å². The zero-order valence-corrected chi connectivity index (χ0v) is 18.6. The SMILES string of the molecule is COCCn1c(SCCC(=O)NC2CCCCC2)nc2sc3c(c2c1=O)CCC3. The lowest BCUT2D eigenvalue weighted by Crippen LogP contribution is -2.36. The molecular weight excluding hydrogens is 406 g/mol. The predicted octanol–water partition coefficient (Wildman–Crippen LogP) is 3.52. The Morgan fingerprint density at radius 1 is 1.28 bits per heavy atom. The lowest BCUT2D eigenvalue weighted by atomic mass is 9.95. The number of ether oxygens (including phenoxy) is 1. The number of thiophene rings is 1. The molecule has 8 heteroatoms. The van der Waals surface area contributed by atoms with Crippen molar-refractivity contribution in [1.82, 2.24) is 14.9 Å². The number of carbonyl (C=O) groups excluding carboxylic acids is 1. The molecule has 0 aromatic carbocycles. The van der Waals surface area contributed by atoms with E-state index in [1.165, 1.54) is 41.5 Å². The van der Waals surface area contributed by atoms with Crippen LogP contribution >= 0.6 is 23.1 Å². The van der Waals surface area contributed by atoms with E-state index < -0.39 is 0 Å². The van der Waals surface area contributed by atoms with Gasteiger partial charge in [0.15, 0.2) is 5.16 Å². The van der Waals surface area contributed by atoms with Crippen molar-refractivity contribution in [3.05, 3.63) is 20.8 Å². The number of thioether (sulfide) groups is 1. The number of aromatic nitrogens is 2. The van der Waals surface area contributed by atoms with Crippen LogP contribution in [0.5, 0.6) is 0 Å². The summed E-state index contributed by atoms with van der Waals surface area (Å²) in [6, 6.07) is 0.337. The third-order valence-electron chi connectivity index (χ3n) is 5.84. The van der Waals surface area contributed by atoms with Crippen molar-refractivity contribution in [3.8, 4) is 0 Å². The molecule has 2 aromatic heterocycles. The summed E-state index contributed by atoms with van der Waals surface area (Å²) in [5, 5.41) is 4.66. The summed E-state index contributed by atoms with van der Waals surface area (Å²) < 4.78 is 6.95. The van der Waals surface area contributed by atoms with Gasteiger partial charge in [-0.2, -0.15) is 0 Å². The Bertz CT molecular complexity index is 931. The zero-order chi connectivity index (χ0) is 20.2. The number of fused-ring (bicyclic) bond motifs is 3. The number of nitrogens with one attached hydrogen (secondary N) is 1. The van der Waals surface area contributed by atoms with Gasteiger partial charge in [-0.3, -0.25) is 14.2 Å². The van der Waals surface area contributed by atoms with Crippen LogP contribution in [0.15, 0.2) is 9.95 Å². The minimum atomic E-state index is 0.0422. The molecule has 2 aromatic rings. The van der Waals surface area contributed by atoms with Gasteiger partial charge in [0.25, 0.3) is 5.56 Å². The van der Waals surface area contributed by atoms with Crippen LogP contribution in [-0.4, -0.2) is 41.0 Å². The van der Waals surface area contributed by atoms with Crippen molar-refractivity contribution in [2.75, 3.05) is 19.5 Å². The van der Waals surface area contributed by atoms with E-state index >= 15 is 0 Å². The van der Waals surface area contributed by atoms with Crippen molar-refractivity contribution < 1.29 is 9.53 Å². The molecule has 1 saturated carbocycles. The Morgan fingerprint density at radius 2 is 2.10 bits per heavy atom. The van der Waals surface area contributed by atoms with Crippen molar-refractivity contribution >= 4 is 39.2 Å². The van der Waals surface area contributed by atoms with Gasteiger partial charge >= 0.3 is 0 Å². The first-order chi connectivity index (χ1) is 14.2. The summed E-state index contributed by atoms with van der Waals surface area (Å²) in [5.74, 6) is 0.723. The average molecular weight is 436 g/mol. The second-order valence-electron chi connectivity index (χ2n) is 7.88. The van der Waals surface area contributed by atoms with E-state index in [9.17, 15) is 9.59 Å². The minimum Gasteiger partial charge on any atom is -0.383 e. The summed E-state index contributed by atoms with van der Waals surface area (Å²) in [6.07, 6.45) is 9.49. The Balaban J connectivity index is 1.47. The molecule has 1 fully saturated rings. The molecule has 2 aliphatic carbocycles. The number of methoxy groups -OCH3 is 1. The molecule has 0 unspecified atom stereocenters. The van der Waals surface area contributed by atoms with Gasteiger partial charge in [-0.1, -0.05) is 31.0 Å². The molecule has 0 aliphatic heterocycles. The molecule has 2 aliphatic rings. The van der Waals surface area contributed by atoms with Crippen LogP contribution in [0.1, 0.15) is 55.4 Å². The molecule has 0 bridgehead atoms. The highest BCUT2D eigenvalue weighted by Gasteiger charge is 2.23. The van der Waals surface area contributed by atoms with E-state index in [2.05, 4.69) is 5.32 Å². The average Bonchev–Trinajstić information content (AvgIpc) is 3.29. The number of carbonyl (C=O) groups is 1. The van der Waals surface area contributed by atoms with Crippen molar-refractivity contribution in [2.24, 2.45) is 0 Å².